The number of hydrogen-bond acceptors (Lipinski definition) is 6. The summed E-state index contributed by atoms with van der Waals surface area (Å²) in [4.78, 5) is 31.0. The van der Waals surface area contributed by atoms with Crippen LogP contribution >= 0.6 is 0 Å². The number of carbonyl (C=O) groups is 2. The molecule has 14 heteroatoms. The number of amides is 2. The first-order valence-corrected chi connectivity index (χ1v) is 13.2. The van der Waals surface area contributed by atoms with Crippen LogP contribution in [0.1, 0.15) is 36.9 Å². The zero-order valence-corrected chi connectivity index (χ0v) is 20.3. The van der Waals surface area contributed by atoms with Crippen LogP contribution in [0, 0.1) is 23.2 Å². The molecule has 0 spiro atoms. The first kappa shape index (κ1) is 26.3. The third-order valence-electron chi connectivity index (χ3n) is 6.84. The number of piperidine rings is 1. The van der Waals surface area contributed by atoms with Crippen LogP contribution in [0.2, 0.25) is 0 Å². The van der Waals surface area contributed by atoms with Crippen LogP contribution in [-0.2, 0) is 32.5 Å². The van der Waals surface area contributed by atoms with E-state index in [9.17, 15) is 31.2 Å². The zero-order valence-electron chi connectivity index (χ0n) is 19.4. The van der Waals surface area contributed by atoms with Crippen molar-refractivity contribution in [3.8, 4) is 6.07 Å². The summed E-state index contributed by atoms with van der Waals surface area (Å²) < 4.78 is 66.3. The lowest BCUT2D eigenvalue weighted by molar-refractivity contribution is -0.142. The van der Waals surface area contributed by atoms with E-state index in [-0.39, 0.29) is 38.0 Å². The largest absolute Gasteiger partial charge is 0.433 e. The maximum absolute atomic E-state index is 13.3. The van der Waals surface area contributed by atoms with E-state index in [4.69, 9.17) is 5.26 Å². The third kappa shape index (κ3) is 5.47. The molecule has 3 aliphatic heterocycles. The lowest BCUT2D eigenvalue weighted by Gasteiger charge is -2.41. The molecule has 1 aromatic rings. The van der Waals surface area contributed by atoms with Crippen molar-refractivity contribution in [3.63, 3.8) is 0 Å². The highest BCUT2D eigenvalue weighted by atomic mass is 32.2. The van der Waals surface area contributed by atoms with Crippen LogP contribution in [0.15, 0.2) is 18.3 Å². The normalized spacial score (nSPS) is 24.2. The highest BCUT2D eigenvalue weighted by molar-refractivity contribution is 7.86. The van der Waals surface area contributed by atoms with Gasteiger partial charge >= 0.3 is 6.18 Å². The standard InChI is InChI=1S/C22H27F3N6O4S/c23-22(24,25)19-6-5-15(10-27-19)11-28-20(32)18-4-2-8-31(18)21(33)17-3-1-7-29(14-17)36(34,35)30-12-16(9-26)13-30/h5-6,10,16-18H,1-4,7-8,11-14H2,(H,28,32)/t17-,18+/m0/s1. The molecule has 10 nitrogen and oxygen atoms in total. The molecule has 0 aliphatic carbocycles. The van der Waals surface area contributed by atoms with Gasteiger partial charge in [-0.3, -0.25) is 14.6 Å². The molecular formula is C22H27F3N6O4S. The lowest BCUT2D eigenvalue weighted by atomic mass is 9.97. The Morgan fingerprint density at radius 2 is 1.83 bits per heavy atom. The van der Waals surface area contributed by atoms with Crippen LogP contribution < -0.4 is 5.32 Å². The van der Waals surface area contributed by atoms with Crippen LogP contribution in [-0.4, -0.2) is 77.5 Å². The van der Waals surface area contributed by atoms with Crippen LogP contribution in [0.4, 0.5) is 13.2 Å². The number of hydrogen-bond donors (Lipinski definition) is 1. The first-order chi connectivity index (χ1) is 17.0. The number of carbonyl (C=O) groups excluding carboxylic acids is 2. The monoisotopic (exact) mass is 528 g/mol. The maximum atomic E-state index is 13.3. The van der Waals surface area contributed by atoms with Crippen molar-refractivity contribution < 1.29 is 31.2 Å². The Morgan fingerprint density at radius 3 is 2.47 bits per heavy atom. The average Bonchev–Trinajstić information content (AvgIpc) is 3.31. The molecule has 3 saturated heterocycles. The van der Waals surface area contributed by atoms with Gasteiger partial charge in [0, 0.05) is 45.5 Å². The number of nitrogens with zero attached hydrogens (tertiary/aromatic N) is 5. The molecule has 2 amide bonds. The highest BCUT2D eigenvalue weighted by Gasteiger charge is 2.44. The van der Waals surface area contributed by atoms with Crippen molar-refractivity contribution in [1.29, 1.82) is 5.26 Å². The highest BCUT2D eigenvalue weighted by Crippen LogP contribution is 2.29. The van der Waals surface area contributed by atoms with Crippen molar-refractivity contribution in [2.45, 2.75) is 44.4 Å². The summed E-state index contributed by atoms with van der Waals surface area (Å²) >= 11 is 0. The molecule has 4 rings (SSSR count). The van der Waals surface area contributed by atoms with Crippen molar-refractivity contribution in [1.82, 2.24) is 23.8 Å². The molecule has 0 saturated carbocycles. The zero-order chi connectivity index (χ0) is 26.1. The van der Waals surface area contributed by atoms with Crippen molar-refractivity contribution in [2.75, 3.05) is 32.7 Å². The van der Waals surface area contributed by atoms with E-state index in [1.165, 1.54) is 19.6 Å². The number of rotatable bonds is 6. The van der Waals surface area contributed by atoms with Crippen molar-refractivity contribution >= 4 is 22.0 Å². The average molecular weight is 529 g/mol. The van der Waals surface area contributed by atoms with Gasteiger partial charge in [0.25, 0.3) is 10.2 Å². The fraction of sp³-hybridized carbons (Fsp3) is 0.636. The summed E-state index contributed by atoms with van der Waals surface area (Å²) in [5, 5.41) is 11.6. The summed E-state index contributed by atoms with van der Waals surface area (Å²) in [5.74, 6) is -1.58. The Hall–Kier alpha value is -2.76. The number of pyridine rings is 1. The van der Waals surface area contributed by atoms with Gasteiger partial charge in [-0.2, -0.15) is 35.5 Å². The van der Waals surface area contributed by atoms with Crippen molar-refractivity contribution in [3.05, 3.63) is 29.6 Å². The molecule has 0 bridgehead atoms. The van der Waals surface area contributed by atoms with Gasteiger partial charge in [-0.05, 0) is 37.3 Å². The molecule has 0 radical (unpaired) electrons. The summed E-state index contributed by atoms with van der Waals surface area (Å²) in [6.45, 7) is 0.963. The van der Waals surface area contributed by atoms with Crippen LogP contribution in [0.5, 0.6) is 0 Å². The number of halogens is 3. The third-order valence-corrected chi connectivity index (χ3v) is 8.77. The van der Waals surface area contributed by atoms with Crippen molar-refractivity contribution in [2.24, 2.45) is 11.8 Å². The molecule has 196 valence electrons. The van der Waals surface area contributed by atoms with E-state index in [1.54, 1.807) is 0 Å². The molecular weight excluding hydrogens is 501 g/mol. The fourth-order valence-corrected chi connectivity index (χ4v) is 6.56. The molecule has 2 atom stereocenters. The Labute approximate surface area is 207 Å². The smallest absolute Gasteiger partial charge is 0.350 e. The summed E-state index contributed by atoms with van der Waals surface area (Å²) in [5.41, 5.74) is -0.627. The summed E-state index contributed by atoms with van der Waals surface area (Å²) in [6.07, 6.45) is -1.42. The van der Waals surface area contributed by atoms with Gasteiger partial charge in [0.05, 0.1) is 17.9 Å². The van der Waals surface area contributed by atoms with E-state index < -0.39 is 39.9 Å². The van der Waals surface area contributed by atoms with Gasteiger partial charge in [0.2, 0.25) is 11.8 Å². The molecule has 36 heavy (non-hydrogen) atoms. The second-order valence-corrected chi connectivity index (χ2v) is 11.2. The van der Waals surface area contributed by atoms with E-state index in [0.29, 0.717) is 44.3 Å². The van der Waals surface area contributed by atoms with E-state index in [2.05, 4.69) is 10.3 Å². The number of likely N-dealkylation sites (tertiary alicyclic amines) is 1. The van der Waals surface area contributed by atoms with Gasteiger partial charge in [0.1, 0.15) is 11.7 Å². The van der Waals surface area contributed by atoms with Crippen LogP contribution in [0.25, 0.3) is 0 Å². The quantitative estimate of drug-likeness (QED) is 0.590. The molecule has 0 aromatic carbocycles. The van der Waals surface area contributed by atoms with E-state index in [0.717, 1.165) is 12.3 Å². The maximum Gasteiger partial charge on any atom is 0.433 e. The SMILES string of the molecule is N#CC1CN(S(=O)(=O)N2CCC[C@H](C(=O)N3CCC[C@@H]3C(=O)NCc3ccc(C(F)(F)F)nc3)C2)C1. The number of alkyl halides is 3. The molecule has 3 fully saturated rings. The Bertz CT molecular complexity index is 1130. The molecule has 3 aliphatic rings. The predicted molar refractivity (Wildman–Crippen MR) is 120 cm³/mol. The summed E-state index contributed by atoms with van der Waals surface area (Å²) in [7, 11) is -3.75. The minimum absolute atomic E-state index is 0.0248. The van der Waals surface area contributed by atoms with Gasteiger partial charge in [-0.15, -0.1) is 0 Å². The number of nitriles is 1. The Balaban J connectivity index is 1.34. The topological polar surface area (TPSA) is 127 Å². The van der Waals surface area contributed by atoms with Gasteiger partial charge in [0.15, 0.2) is 0 Å². The number of nitrogens with one attached hydrogen (secondary N) is 1. The van der Waals surface area contributed by atoms with E-state index >= 15 is 0 Å². The number of aromatic nitrogens is 1. The molecule has 4 heterocycles. The lowest BCUT2D eigenvalue weighted by Crippen LogP contribution is -2.57. The minimum atomic E-state index is -4.55. The van der Waals surface area contributed by atoms with Gasteiger partial charge < -0.3 is 10.2 Å². The predicted octanol–water partition coefficient (Wildman–Crippen LogP) is 1.12. The molecule has 0 unspecified atom stereocenters. The summed E-state index contributed by atoms with van der Waals surface area (Å²) in [6, 6.07) is 3.40. The first-order valence-electron chi connectivity index (χ1n) is 11.8. The fourth-order valence-electron chi connectivity index (χ4n) is 4.77. The van der Waals surface area contributed by atoms with Gasteiger partial charge in [-0.25, -0.2) is 0 Å². The Morgan fingerprint density at radius 1 is 1.11 bits per heavy atom. The minimum Gasteiger partial charge on any atom is -0.350 e. The van der Waals surface area contributed by atoms with E-state index in [1.807, 2.05) is 6.07 Å². The van der Waals surface area contributed by atoms with Gasteiger partial charge in [-0.1, -0.05) is 6.07 Å². The molecule has 1 N–H and O–H groups in total. The second kappa shape index (κ2) is 10.3. The molecule has 1 aromatic heterocycles. The second-order valence-electron chi connectivity index (χ2n) is 9.30. The van der Waals surface area contributed by atoms with Crippen LogP contribution in [0.3, 0.4) is 0 Å². The Kier molecular flexibility index (Phi) is 7.53.